The molecule has 0 aromatic heterocycles. The van der Waals surface area contributed by atoms with E-state index >= 15 is 0 Å². The van der Waals surface area contributed by atoms with Crippen molar-refractivity contribution in [2.75, 3.05) is 19.8 Å². The average molecular weight is 442 g/mol. The zero-order valence-corrected chi connectivity index (χ0v) is 16.8. The van der Waals surface area contributed by atoms with Gasteiger partial charge in [0.25, 0.3) is 0 Å². The zero-order valence-electron chi connectivity index (χ0n) is 16.8. The highest BCUT2D eigenvalue weighted by molar-refractivity contribution is 5.68. The van der Waals surface area contributed by atoms with Gasteiger partial charge in [-0.1, -0.05) is 0 Å². The van der Waals surface area contributed by atoms with Crippen molar-refractivity contribution < 1.29 is 64.6 Å². The monoisotopic (exact) mass is 442 g/mol. The van der Waals surface area contributed by atoms with Gasteiger partial charge in [0.2, 0.25) is 0 Å². The Bertz CT molecular complexity index is 618. The Kier molecular flexibility index (Phi) is 7.48. The third kappa shape index (κ3) is 4.33. The van der Waals surface area contributed by atoms with E-state index in [0.717, 1.165) is 0 Å². The maximum Gasteiger partial charge on any atom is 0.329 e. The number of carbonyl (C=O) groups is 1. The molecule has 2 saturated heterocycles. The first-order valence-corrected chi connectivity index (χ1v) is 9.24. The Hall–Kier alpha value is -0.970. The van der Waals surface area contributed by atoms with Gasteiger partial charge in [0.1, 0.15) is 53.9 Å². The lowest BCUT2D eigenvalue weighted by molar-refractivity contribution is -0.415. The molecule has 30 heavy (non-hydrogen) atoms. The molecular weight excluding hydrogens is 412 g/mol. The molecule has 2 heterocycles. The smallest absolute Gasteiger partial charge is 0.329 e. The van der Waals surface area contributed by atoms with Crippen LogP contribution in [0, 0.1) is 0 Å². The highest BCUT2D eigenvalue weighted by Gasteiger charge is 2.63. The number of aliphatic hydroxyl groups is 7. The second-order valence-electron chi connectivity index (χ2n) is 8.17. The second kappa shape index (κ2) is 8.88. The number of hydrogen-bond donors (Lipinski definition) is 8. The molecule has 0 radical (unpaired) electrons. The molecule has 2 aliphatic heterocycles. The Balaban J connectivity index is 2.30. The fraction of sp³-hybridized carbons (Fsp3) is 0.941. The number of aliphatic hydroxyl groups excluding tert-OH is 7. The van der Waals surface area contributed by atoms with Gasteiger partial charge in [-0.15, -0.1) is 0 Å². The Labute approximate surface area is 172 Å². The van der Waals surface area contributed by atoms with Crippen molar-refractivity contribution in [1.82, 2.24) is 0 Å². The van der Waals surface area contributed by atoms with Crippen LogP contribution in [0.1, 0.15) is 20.8 Å². The largest absolute Gasteiger partial charge is 0.480 e. The van der Waals surface area contributed by atoms with Crippen LogP contribution in [0.4, 0.5) is 0 Å². The van der Waals surface area contributed by atoms with Crippen LogP contribution in [0.15, 0.2) is 0 Å². The van der Waals surface area contributed by atoms with E-state index in [4.69, 9.17) is 24.1 Å². The average Bonchev–Trinajstić information content (AvgIpc) is 2.67. The van der Waals surface area contributed by atoms with E-state index < -0.39 is 85.7 Å². The number of ether oxygens (including phenoxy) is 4. The van der Waals surface area contributed by atoms with Gasteiger partial charge in [-0.3, -0.25) is 0 Å². The standard InChI is InChI=1S/C17H30O13/c1-15(6-27-4-7(19)20)11(24)8(21)9(22)14(29-15)30-17(3)12(25)10(23)13(26)28-16(17,2)5-18/h8-14,18,21-26H,4-6H2,1-3H3,(H,19,20). The molecule has 0 amide bonds. The lowest BCUT2D eigenvalue weighted by Crippen LogP contribution is -2.75. The third-order valence-electron chi connectivity index (χ3n) is 5.85. The topological polar surface area (TPSA) is 216 Å². The normalized spacial score (nSPS) is 49.7. The highest BCUT2D eigenvalue weighted by atomic mass is 16.7. The fourth-order valence-electron chi connectivity index (χ4n) is 3.55. The summed E-state index contributed by atoms with van der Waals surface area (Å²) in [6, 6.07) is 0. The molecule has 2 aliphatic rings. The summed E-state index contributed by atoms with van der Waals surface area (Å²) in [5.41, 5.74) is -5.49. The number of carboxylic acids is 1. The van der Waals surface area contributed by atoms with Gasteiger partial charge in [0.05, 0.1) is 13.2 Å². The lowest BCUT2D eigenvalue weighted by atomic mass is 9.76. The van der Waals surface area contributed by atoms with E-state index in [2.05, 4.69) is 0 Å². The van der Waals surface area contributed by atoms with E-state index in [9.17, 15) is 40.5 Å². The quantitative estimate of drug-likeness (QED) is 0.188. The summed E-state index contributed by atoms with van der Waals surface area (Å²) in [6.45, 7) is 1.79. The second-order valence-corrected chi connectivity index (χ2v) is 8.17. The highest BCUT2D eigenvalue weighted by Crippen LogP contribution is 2.43. The van der Waals surface area contributed by atoms with Crippen LogP contribution in [0.25, 0.3) is 0 Å². The van der Waals surface area contributed by atoms with Crippen molar-refractivity contribution in [3.8, 4) is 0 Å². The van der Waals surface area contributed by atoms with Gasteiger partial charge in [-0.05, 0) is 20.8 Å². The van der Waals surface area contributed by atoms with E-state index in [1.165, 1.54) is 20.8 Å². The van der Waals surface area contributed by atoms with E-state index in [-0.39, 0.29) is 0 Å². The molecular formula is C17H30O13. The minimum atomic E-state index is -1.98. The first-order chi connectivity index (χ1) is 13.7. The molecule has 0 aromatic rings. The SMILES string of the molecule is CC1(COCC(=O)O)OC(OC2(C)C(O)C(O)C(O)OC2(C)CO)C(O)C(O)C1O. The van der Waals surface area contributed by atoms with Gasteiger partial charge in [-0.2, -0.15) is 0 Å². The molecule has 2 rings (SSSR count). The van der Waals surface area contributed by atoms with Gasteiger partial charge < -0.3 is 59.8 Å². The van der Waals surface area contributed by atoms with Crippen molar-refractivity contribution in [2.24, 2.45) is 0 Å². The molecule has 10 unspecified atom stereocenters. The lowest BCUT2D eigenvalue weighted by Gasteiger charge is -2.56. The molecule has 2 fully saturated rings. The molecule has 0 aliphatic carbocycles. The van der Waals surface area contributed by atoms with Crippen LogP contribution in [0.3, 0.4) is 0 Å². The summed E-state index contributed by atoms with van der Waals surface area (Å²) in [6.07, 6.45) is -12.6. The van der Waals surface area contributed by atoms with Crippen LogP contribution < -0.4 is 0 Å². The van der Waals surface area contributed by atoms with E-state index in [1.54, 1.807) is 0 Å². The van der Waals surface area contributed by atoms with Crippen LogP contribution in [0.5, 0.6) is 0 Å². The number of hydrogen-bond acceptors (Lipinski definition) is 12. The minimum Gasteiger partial charge on any atom is -0.480 e. The Morgan fingerprint density at radius 2 is 1.53 bits per heavy atom. The Morgan fingerprint density at radius 1 is 0.933 bits per heavy atom. The van der Waals surface area contributed by atoms with Crippen molar-refractivity contribution in [1.29, 1.82) is 0 Å². The Morgan fingerprint density at radius 3 is 2.07 bits per heavy atom. The van der Waals surface area contributed by atoms with Crippen molar-refractivity contribution in [2.45, 2.75) is 80.7 Å². The third-order valence-corrected chi connectivity index (χ3v) is 5.85. The summed E-state index contributed by atoms with van der Waals surface area (Å²) in [4.78, 5) is 10.7. The van der Waals surface area contributed by atoms with E-state index in [0.29, 0.717) is 0 Å². The van der Waals surface area contributed by atoms with Crippen LogP contribution >= 0.6 is 0 Å². The molecule has 0 aromatic carbocycles. The predicted octanol–water partition coefficient (Wildman–Crippen LogP) is -4.12. The molecule has 13 heteroatoms. The predicted molar refractivity (Wildman–Crippen MR) is 93.8 cm³/mol. The van der Waals surface area contributed by atoms with Gasteiger partial charge in [0, 0.05) is 0 Å². The molecule has 10 atom stereocenters. The first-order valence-electron chi connectivity index (χ1n) is 9.24. The maximum absolute atomic E-state index is 10.7. The summed E-state index contributed by atoms with van der Waals surface area (Å²) in [7, 11) is 0. The minimum absolute atomic E-state index is 0.502. The molecule has 13 nitrogen and oxygen atoms in total. The van der Waals surface area contributed by atoms with Gasteiger partial charge in [-0.25, -0.2) is 4.79 Å². The van der Waals surface area contributed by atoms with Crippen molar-refractivity contribution in [3.63, 3.8) is 0 Å². The summed E-state index contributed by atoms with van der Waals surface area (Å²) >= 11 is 0. The first kappa shape index (κ1) is 25.3. The van der Waals surface area contributed by atoms with Crippen LogP contribution in [0.2, 0.25) is 0 Å². The van der Waals surface area contributed by atoms with Crippen LogP contribution in [-0.4, -0.2) is 127 Å². The molecule has 0 bridgehead atoms. The summed E-state index contributed by atoms with van der Waals surface area (Å²) in [5.74, 6) is -1.28. The number of carboxylic acid groups (broad SMARTS) is 1. The molecule has 0 saturated carbocycles. The summed E-state index contributed by atoms with van der Waals surface area (Å²) in [5, 5.41) is 79.7. The van der Waals surface area contributed by atoms with Crippen molar-refractivity contribution >= 4 is 5.97 Å². The molecule has 0 spiro atoms. The van der Waals surface area contributed by atoms with E-state index in [1.807, 2.05) is 0 Å². The van der Waals surface area contributed by atoms with Crippen LogP contribution in [-0.2, 0) is 23.7 Å². The maximum atomic E-state index is 10.7. The molecule has 8 N–H and O–H groups in total. The summed E-state index contributed by atoms with van der Waals surface area (Å²) < 4.78 is 21.4. The fourth-order valence-corrected chi connectivity index (χ4v) is 3.55. The number of aliphatic carboxylic acids is 1. The molecule has 176 valence electrons. The van der Waals surface area contributed by atoms with Gasteiger partial charge >= 0.3 is 5.97 Å². The zero-order chi connectivity index (χ0) is 23.1. The van der Waals surface area contributed by atoms with Crippen molar-refractivity contribution in [3.05, 3.63) is 0 Å². The van der Waals surface area contributed by atoms with Gasteiger partial charge in [0.15, 0.2) is 12.6 Å². The number of rotatable bonds is 7.